The Labute approximate surface area is 150 Å². The van der Waals surface area contributed by atoms with E-state index in [9.17, 15) is 4.79 Å². The molecule has 0 atom stereocenters. The largest absolute Gasteiger partial charge is 0.470 e. The number of pyridine rings is 1. The van der Waals surface area contributed by atoms with Gasteiger partial charge in [0.15, 0.2) is 5.69 Å². The van der Waals surface area contributed by atoms with Gasteiger partial charge in [-0.3, -0.25) is 9.89 Å². The lowest BCUT2D eigenvalue weighted by molar-refractivity contribution is 0.0152. The van der Waals surface area contributed by atoms with Gasteiger partial charge in [0.25, 0.3) is 5.91 Å². The Morgan fingerprint density at radius 3 is 3.00 bits per heavy atom. The summed E-state index contributed by atoms with van der Waals surface area (Å²) in [6.07, 6.45) is 1.63. The van der Waals surface area contributed by atoms with Crippen molar-refractivity contribution in [3.63, 3.8) is 0 Å². The summed E-state index contributed by atoms with van der Waals surface area (Å²) >= 11 is 5.00. The number of amides is 1. The lowest BCUT2D eigenvalue weighted by Gasteiger charge is -2.38. The number of rotatable bonds is 4. The van der Waals surface area contributed by atoms with Crippen molar-refractivity contribution >= 4 is 33.2 Å². The Hall–Kier alpha value is -2.19. The molecule has 1 amide bonds. The maximum absolute atomic E-state index is 12.4. The van der Waals surface area contributed by atoms with Crippen molar-refractivity contribution in [2.75, 3.05) is 13.1 Å². The Balaban J connectivity index is 1.37. The van der Waals surface area contributed by atoms with Crippen molar-refractivity contribution < 1.29 is 9.53 Å². The lowest BCUT2D eigenvalue weighted by Crippen LogP contribution is -2.56. The fourth-order valence-corrected chi connectivity index (χ4v) is 3.49. The second kappa shape index (κ2) is 6.37. The average Bonchev–Trinajstić information content (AvgIpc) is 3.22. The van der Waals surface area contributed by atoms with Gasteiger partial charge in [-0.2, -0.15) is 5.10 Å². The van der Waals surface area contributed by atoms with Gasteiger partial charge in [-0.05, 0) is 45.6 Å². The van der Waals surface area contributed by atoms with Crippen LogP contribution < -0.4 is 4.74 Å². The molecule has 1 fully saturated rings. The molecule has 4 rings (SSSR count). The third-order valence-electron chi connectivity index (χ3n) is 3.72. The molecule has 122 valence electrons. The quantitative estimate of drug-likeness (QED) is 0.724. The van der Waals surface area contributed by atoms with Gasteiger partial charge in [-0.1, -0.05) is 6.07 Å². The van der Waals surface area contributed by atoms with Crippen LogP contribution in [0.4, 0.5) is 0 Å². The number of H-pyrrole nitrogens is 1. The van der Waals surface area contributed by atoms with Crippen LogP contribution >= 0.6 is 27.3 Å². The lowest BCUT2D eigenvalue weighted by atomic mass is 10.1. The van der Waals surface area contributed by atoms with Crippen molar-refractivity contribution in [1.82, 2.24) is 20.1 Å². The van der Waals surface area contributed by atoms with Crippen LogP contribution in [0.2, 0.25) is 0 Å². The molecule has 1 aliphatic heterocycles. The molecule has 1 saturated heterocycles. The van der Waals surface area contributed by atoms with Gasteiger partial charge in [-0.15, -0.1) is 11.3 Å². The Kier molecular flexibility index (Phi) is 4.07. The van der Waals surface area contributed by atoms with Gasteiger partial charge in [0, 0.05) is 6.20 Å². The molecular formula is C16H13BrN4O2S. The van der Waals surface area contributed by atoms with E-state index in [1.807, 2.05) is 29.6 Å². The molecule has 0 aromatic carbocycles. The average molecular weight is 405 g/mol. The van der Waals surface area contributed by atoms with Crippen LogP contribution in [0.25, 0.3) is 10.6 Å². The molecule has 0 bridgehead atoms. The summed E-state index contributed by atoms with van der Waals surface area (Å²) < 4.78 is 6.59. The molecule has 4 heterocycles. The third kappa shape index (κ3) is 2.94. The SMILES string of the molecule is O=C(c1cc(-c2cccs2)[nH]n1)N1CC(Oc2ncccc2Br)C1. The predicted molar refractivity (Wildman–Crippen MR) is 94.2 cm³/mol. The predicted octanol–water partition coefficient (Wildman–Crippen LogP) is 3.20. The zero-order chi connectivity index (χ0) is 16.5. The van der Waals surface area contributed by atoms with E-state index in [-0.39, 0.29) is 12.0 Å². The van der Waals surface area contributed by atoms with E-state index in [4.69, 9.17) is 4.74 Å². The molecule has 0 radical (unpaired) electrons. The number of carbonyl (C=O) groups is 1. The van der Waals surface area contributed by atoms with Crippen LogP contribution in [0.15, 0.2) is 46.4 Å². The molecule has 3 aromatic rings. The number of carbonyl (C=O) groups excluding carboxylic acids is 1. The molecule has 0 aliphatic carbocycles. The summed E-state index contributed by atoms with van der Waals surface area (Å²) in [4.78, 5) is 19.4. The first-order valence-corrected chi connectivity index (χ1v) is 9.04. The van der Waals surface area contributed by atoms with E-state index in [1.54, 1.807) is 28.5 Å². The summed E-state index contributed by atoms with van der Waals surface area (Å²) in [6, 6.07) is 9.45. The zero-order valence-electron chi connectivity index (χ0n) is 12.5. The van der Waals surface area contributed by atoms with Crippen LogP contribution in [0, 0.1) is 0 Å². The van der Waals surface area contributed by atoms with Crippen LogP contribution in [-0.2, 0) is 0 Å². The van der Waals surface area contributed by atoms with Gasteiger partial charge in [-0.25, -0.2) is 4.98 Å². The monoisotopic (exact) mass is 404 g/mol. The van der Waals surface area contributed by atoms with E-state index in [0.717, 1.165) is 15.0 Å². The maximum atomic E-state index is 12.4. The minimum atomic E-state index is -0.0889. The van der Waals surface area contributed by atoms with E-state index >= 15 is 0 Å². The molecule has 1 N–H and O–H groups in total. The second-order valence-electron chi connectivity index (χ2n) is 5.38. The highest BCUT2D eigenvalue weighted by Gasteiger charge is 2.34. The standard InChI is InChI=1S/C16H13BrN4O2S/c17-11-3-1-5-18-15(11)23-10-8-21(9-10)16(22)13-7-12(19-20-13)14-4-2-6-24-14/h1-7,10H,8-9H2,(H,19,20). The van der Waals surface area contributed by atoms with Crippen LogP contribution in [0.1, 0.15) is 10.5 Å². The minimum Gasteiger partial charge on any atom is -0.470 e. The number of hydrogen-bond donors (Lipinski definition) is 1. The van der Waals surface area contributed by atoms with E-state index in [0.29, 0.717) is 24.7 Å². The Morgan fingerprint density at radius 2 is 2.25 bits per heavy atom. The highest BCUT2D eigenvalue weighted by atomic mass is 79.9. The fraction of sp³-hybridized carbons (Fsp3) is 0.188. The molecule has 1 aliphatic rings. The Bertz CT molecular complexity index is 859. The van der Waals surface area contributed by atoms with Crippen molar-refractivity contribution in [2.45, 2.75) is 6.10 Å². The summed E-state index contributed by atoms with van der Waals surface area (Å²) in [5.41, 5.74) is 1.29. The van der Waals surface area contributed by atoms with E-state index in [1.165, 1.54) is 0 Å². The number of ether oxygens (including phenoxy) is 1. The maximum Gasteiger partial charge on any atom is 0.274 e. The van der Waals surface area contributed by atoms with Gasteiger partial charge in [0.2, 0.25) is 5.88 Å². The van der Waals surface area contributed by atoms with E-state index in [2.05, 4.69) is 31.1 Å². The number of nitrogens with zero attached hydrogens (tertiary/aromatic N) is 3. The van der Waals surface area contributed by atoms with Crippen LogP contribution in [0.3, 0.4) is 0 Å². The second-order valence-corrected chi connectivity index (χ2v) is 7.19. The highest BCUT2D eigenvalue weighted by Crippen LogP contribution is 2.26. The van der Waals surface area contributed by atoms with E-state index < -0.39 is 0 Å². The van der Waals surface area contributed by atoms with Gasteiger partial charge in [0.1, 0.15) is 6.10 Å². The molecule has 0 unspecified atom stereocenters. The van der Waals surface area contributed by atoms with Gasteiger partial charge < -0.3 is 9.64 Å². The fourth-order valence-electron chi connectivity index (χ4n) is 2.45. The third-order valence-corrected chi connectivity index (χ3v) is 5.23. The molecule has 0 saturated carbocycles. The number of nitrogens with one attached hydrogen (secondary N) is 1. The number of halogens is 1. The van der Waals surface area contributed by atoms with Crippen LogP contribution in [0.5, 0.6) is 5.88 Å². The number of likely N-dealkylation sites (tertiary alicyclic amines) is 1. The summed E-state index contributed by atoms with van der Waals surface area (Å²) in [5, 5.41) is 9.03. The number of hydrogen-bond acceptors (Lipinski definition) is 5. The smallest absolute Gasteiger partial charge is 0.274 e. The number of aromatic nitrogens is 3. The first kappa shape index (κ1) is 15.3. The van der Waals surface area contributed by atoms with Crippen molar-refractivity contribution in [1.29, 1.82) is 0 Å². The number of thiophene rings is 1. The zero-order valence-corrected chi connectivity index (χ0v) is 14.9. The van der Waals surface area contributed by atoms with Gasteiger partial charge in [0.05, 0.1) is 28.1 Å². The molecular weight excluding hydrogens is 392 g/mol. The minimum absolute atomic E-state index is 0.0455. The highest BCUT2D eigenvalue weighted by molar-refractivity contribution is 9.10. The van der Waals surface area contributed by atoms with Crippen molar-refractivity contribution in [3.8, 4) is 16.5 Å². The normalized spacial score (nSPS) is 14.5. The molecule has 3 aromatic heterocycles. The van der Waals surface area contributed by atoms with Crippen LogP contribution in [-0.4, -0.2) is 45.2 Å². The molecule has 0 spiro atoms. The first-order chi connectivity index (χ1) is 11.7. The molecule has 8 heteroatoms. The summed E-state index contributed by atoms with van der Waals surface area (Å²) in [7, 11) is 0. The summed E-state index contributed by atoms with van der Waals surface area (Å²) in [5.74, 6) is 0.461. The topological polar surface area (TPSA) is 71.1 Å². The van der Waals surface area contributed by atoms with Crippen molar-refractivity contribution in [3.05, 3.63) is 52.1 Å². The first-order valence-electron chi connectivity index (χ1n) is 7.36. The van der Waals surface area contributed by atoms with Gasteiger partial charge >= 0.3 is 0 Å². The van der Waals surface area contributed by atoms with Crippen molar-refractivity contribution in [2.24, 2.45) is 0 Å². The summed E-state index contributed by atoms with van der Waals surface area (Å²) in [6.45, 7) is 1.06. The number of aromatic amines is 1. The molecule has 24 heavy (non-hydrogen) atoms. The Morgan fingerprint density at radius 1 is 1.38 bits per heavy atom. The molecule has 6 nitrogen and oxygen atoms in total.